The fraction of sp³-hybridized carbons (Fsp3) is 0.308. The van der Waals surface area contributed by atoms with Crippen molar-refractivity contribution in [2.75, 3.05) is 4.90 Å². The average Bonchev–Trinajstić information content (AvgIpc) is 2.28. The molecule has 0 saturated carbocycles. The van der Waals surface area contributed by atoms with Crippen molar-refractivity contribution in [3.63, 3.8) is 0 Å². The Morgan fingerprint density at radius 2 is 2.19 bits per heavy atom. The van der Waals surface area contributed by atoms with Crippen LogP contribution in [0.15, 0.2) is 36.7 Å². The van der Waals surface area contributed by atoms with E-state index in [0.29, 0.717) is 12.3 Å². The summed E-state index contributed by atoms with van der Waals surface area (Å²) in [4.78, 5) is 13.4. The van der Waals surface area contributed by atoms with Crippen molar-refractivity contribution in [3.8, 4) is 0 Å². The number of hydrogen-bond donors (Lipinski definition) is 0. The lowest BCUT2D eigenvalue weighted by Gasteiger charge is -2.41. The number of hydrogen-bond acceptors (Lipinski definition) is 3. The third-order valence-corrected chi connectivity index (χ3v) is 3.27. The van der Waals surface area contributed by atoms with Gasteiger partial charge in [0.05, 0.1) is 6.42 Å². The first-order chi connectivity index (χ1) is 7.75. The highest BCUT2D eigenvalue weighted by atomic mass is 16.6. The molecule has 0 spiro atoms. The largest absolute Gasteiger partial charge is 0.410 e. The SMILES string of the molecule is C=C1OC(=O)CC2CCc3ccccc3N12. The number of rotatable bonds is 0. The van der Waals surface area contributed by atoms with Gasteiger partial charge in [0, 0.05) is 11.7 Å². The number of nitrogens with zero attached hydrogens (tertiary/aromatic N) is 1. The fourth-order valence-corrected chi connectivity index (χ4v) is 2.55. The van der Waals surface area contributed by atoms with Gasteiger partial charge in [-0.3, -0.25) is 4.79 Å². The summed E-state index contributed by atoms with van der Waals surface area (Å²) >= 11 is 0. The summed E-state index contributed by atoms with van der Waals surface area (Å²) in [5.41, 5.74) is 2.44. The Labute approximate surface area is 94.3 Å². The van der Waals surface area contributed by atoms with Crippen molar-refractivity contribution in [1.29, 1.82) is 0 Å². The van der Waals surface area contributed by atoms with Crippen LogP contribution < -0.4 is 4.90 Å². The number of benzene rings is 1. The lowest BCUT2D eigenvalue weighted by molar-refractivity contribution is -0.142. The normalized spacial score (nSPS) is 23.5. The molecule has 0 N–H and O–H groups in total. The third kappa shape index (κ3) is 1.32. The van der Waals surface area contributed by atoms with E-state index >= 15 is 0 Å². The molecule has 1 unspecified atom stereocenters. The summed E-state index contributed by atoms with van der Waals surface area (Å²) in [6, 6.07) is 8.45. The van der Waals surface area contributed by atoms with Crippen LogP contribution in [0.2, 0.25) is 0 Å². The number of carbonyl (C=O) groups excluding carboxylic acids is 1. The molecule has 3 heteroatoms. The summed E-state index contributed by atoms with van der Waals surface area (Å²) in [5, 5.41) is 0. The number of ether oxygens (including phenoxy) is 1. The highest BCUT2D eigenvalue weighted by Crippen LogP contribution is 2.36. The molecule has 2 heterocycles. The summed E-state index contributed by atoms with van der Waals surface area (Å²) in [6.07, 6.45) is 2.48. The van der Waals surface area contributed by atoms with Crippen LogP contribution >= 0.6 is 0 Å². The highest BCUT2D eigenvalue weighted by molar-refractivity contribution is 5.76. The van der Waals surface area contributed by atoms with E-state index < -0.39 is 0 Å². The lowest BCUT2D eigenvalue weighted by atomic mass is 9.93. The van der Waals surface area contributed by atoms with Gasteiger partial charge in [-0.15, -0.1) is 0 Å². The summed E-state index contributed by atoms with van der Waals surface area (Å²) < 4.78 is 5.11. The third-order valence-electron chi connectivity index (χ3n) is 3.27. The molecule has 1 aromatic rings. The standard InChI is InChI=1S/C13H13NO2/c1-9-14-11(8-13(15)16-9)7-6-10-4-2-3-5-12(10)14/h2-5,11H,1,6-8H2. The van der Waals surface area contributed by atoms with E-state index in [9.17, 15) is 4.79 Å². The first-order valence-electron chi connectivity index (χ1n) is 5.52. The van der Waals surface area contributed by atoms with Gasteiger partial charge in [0.2, 0.25) is 0 Å². The predicted molar refractivity (Wildman–Crippen MR) is 60.9 cm³/mol. The van der Waals surface area contributed by atoms with Gasteiger partial charge in [-0.2, -0.15) is 0 Å². The molecule has 2 aliphatic rings. The topological polar surface area (TPSA) is 29.5 Å². The quantitative estimate of drug-likeness (QED) is 0.621. The zero-order valence-corrected chi connectivity index (χ0v) is 8.98. The van der Waals surface area contributed by atoms with Crippen molar-refractivity contribution < 1.29 is 9.53 Å². The minimum Gasteiger partial charge on any atom is -0.410 e. The van der Waals surface area contributed by atoms with Crippen molar-refractivity contribution >= 4 is 11.7 Å². The zero-order valence-electron chi connectivity index (χ0n) is 8.98. The first kappa shape index (κ1) is 9.46. The minimum atomic E-state index is -0.161. The lowest BCUT2D eigenvalue weighted by Crippen LogP contribution is -2.45. The first-order valence-corrected chi connectivity index (χ1v) is 5.52. The molecule has 0 radical (unpaired) electrons. The van der Waals surface area contributed by atoms with Crippen LogP contribution in [0.4, 0.5) is 5.69 Å². The van der Waals surface area contributed by atoms with E-state index in [2.05, 4.69) is 23.6 Å². The summed E-state index contributed by atoms with van der Waals surface area (Å²) in [7, 11) is 0. The van der Waals surface area contributed by atoms with Crippen molar-refractivity contribution in [2.45, 2.75) is 25.3 Å². The molecule has 1 fully saturated rings. The second kappa shape index (κ2) is 3.37. The van der Waals surface area contributed by atoms with Gasteiger partial charge < -0.3 is 9.64 Å². The van der Waals surface area contributed by atoms with E-state index in [1.54, 1.807) is 0 Å². The van der Waals surface area contributed by atoms with Gasteiger partial charge in [0.25, 0.3) is 0 Å². The number of fused-ring (bicyclic) bond motifs is 3. The Balaban J connectivity index is 2.05. The van der Waals surface area contributed by atoms with E-state index in [4.69, 9.17) is 4.74 Å². The Kier molecular flexibility index (Phi) is 1.99. The van der Waals surface area contributed by atoms with Crippen LogP contribution in [0.3, 0.4) is 0 Å². The Bertz CT molecular complexity index is 467. The molecule has 0 aliphatic carbocycles. The fourth-order valence-electron chi connectivity index (χ4n) is 2.55. The number of anilines is 1. The number of cyclic esters (lactones) is 1. The van der Waals surface area contributed by atoms with Crippen LogP contribution in [0, 0.1) is 0 Å². The van der Waals surface area contributed by atoms with E-state index in [1.807, 2.05) is 12.1 Å². The molecule has 1 saturated heterocycles. The van der Waals surface area contributed by atoms with Crippen molar-refractivity contribution in [2.24, 2.45) is 0 Å². The van der Waals surface area contributed by atoms with Crippen LogP contribution in [0.1, 0.15) is 18.4 Å². The number of para-hydroxylation sites is 1. The molecule has 0 bridgehead atoms. The maximum absolute atomic E-state index is 11.3. The molecule has 1 atom stereocenters. The van der Waals surface area contributed by atoms with Crippen LogP contribution in [-0.4, -0.2) is 12.0 Å². The van der Waals surface area contributed by atoms with Crippen molar-refractivity contribution in [3.05, 3.63) is 42.3 Å². The molecular formula is C13H13NO2. The monoisotopic (exact) mass is 215 g/mol. The smallest absolute Gasteiger partial charge is 0.314 e. The van der Waals surface area contributed by atoms with Gasteiger partial charge in [0.1, 0.15) is 0 Å². The molecule has 2 aliphatic heterocycles. The Morgan fingerprint density at radius 1 is 1.38 bits per heavy atom. The van der Waals surface area contributed by atoms with E-state index in [0.717, 1.165) is 18.5 Å². The van der Waals surface area contributed by atoms with Crippen molar-refractivity contribution in [1.82, 2.24) is 0 Å². The molecule has 82 valence electrons. The van der Waals surface area contributed by atoms with Gasteiger partial charge >= 0.3 is 5.97 Å². The van der Waals surface area contributed by atoms with Gasteiger partial charge in [-0.1, -0.05) is 18.2 Å². The second-order valence-electron chi connectivity index (χ2n) is 4.26. The molecule has 0 amide bonds. The molecule has 3 nitrogen and oxygen atoms in total. The molecule has 3 rings (SSSR count). The predicted octanol–water partition coefficient (Wildman–Crippen LogP) is 2.23. The van der Waals surface area contributed by atoms with Crippen LogP contribution in [0.25, 0.3) is 0 Å². The van der Waals surface area contributed by atoms with Crippen LogP contribution in [-0.2, 0) is 16.0 Å². The maximum Gasteiger partial charge on any atom is 0.314 e. The highest BCUT2D eigenvalue weighted by Gasteiger charge is 2.35. The Hall–Kier alpha value is -1.77. The Morgan fingerprint density at radius 3 is 3.06 bits per heavy atom. The van der Waals surface area contributed by atoms with Gasteiger partial charge in [-0.05, 0) is 31.1 Å². The summed E-state index contributed by atoms with van der Waals surface area (Å²) in [5.74, 6) is 0.305. The average molecular weight is 215 g/mol. The molecule has 1 aromatic carbocycles. The van der Waals surface area contributed by atoms with E-state index in [1.165, 1.54) is 5.56 Å². The van der Waals surface area contributed by atoms with E-state index in [-0.39, 0.29) is 12.0 Å². The number of aryl methyl sites for hydroxylation is 1. The molecular weight excluding hydrogens is 202 g/mol. The number of carbonyl (C=O) groups is 1. The molecule has 0 aromatic heterocycles. The molecule has 16 heavy (non-hydrogen) atoms. The van der Waals surface area contributed by atoms with Gasteiger partial charge in [-0.25, -0.2) is 0 Å². The second-order valence-corrected chi connectivity index (χ2v) is 4.26. The number of esters is 1. The zero-order chi connectivity index (χ0) is 11.1. The van der Waals surface area contributed by atoms with Gasteiger partial charge in [0.15, 0.2) is 5.88 Å². The minimum absolute atomic E-state index is 0.161. The summed E-state index contributed by atoms with van der Waals surface area (Å²) in [6.45, 7) is 3.83. The maximum atomic E-state index is 11.3. The van der Waals surface area contributed by atoms with Crippen LogP contribution in [0.5, 0.6) is 0 Å².